The molecule has 0 aromatic carbocycles. The van der Waals surface area contributed by atoms with Crippen LogP contribution in [0.25, 0.3) is 0 Å². The number of unbranched alkanes of at least 4 members (excludes halogenated alkanes) is 1. The Kier molecular flexibility index (Phi) is 5.12. The van der Waals surface area contributed by atoms with E-state index >= 15 is 0 Å². The van der Waals surface area contributed by atoms with E-state index < -0.39 is 0 Å². The van der Waals surface area contributed by atoms with Crippen LogP contribution in [0.2, 0.25) is 0 Å². The average molecular weight is 212 g/mol. The van der Waals surface area contributed by atoms with Gasteiger partial charge in [-0.15, -0.1) is 11.3 Å². The van der Waals surface area contributed by atoms with Crippen LogP contribution in [0.1, 0.15) is 37.4 Å². The summed E-state index contributed by atoms with van der Waals surface area (Å²) in [5, 5.41) is 3.46. The predicted octanol–water partition coefficient (Wildman–Crippen LogP) is 2.62. The van der Waals surface area contributed by atoms with Gasteiger partial charge in [-0.25, -0.2) is 4.98 Å². The molecule has 1 heterocycles. The number of nitrogens with zero attached hydrogens (tertiary/aromatic N) is 1. The molecule has 0 amide bonds. The van der Waals surface area contributed by atoms with E-state index in [1.165, 1.54) is 17.1 Å². The lowest BCUT2D eigenvalue weighted by atomic mass is 10.1. The van der Waals surface area contributed by atoms with Crippen LogP contribution in [0.3, 0.4) is 0 Å². The highest BCUT2D eigenvalue weighted by atomic mass is 32.1. The van der Waals surface area contributed by atoms with E-state index in [2.05, 4.69) is 24.2 Å². The Balaban J connectivity index is 2.35. The van der Waals surface area contributed by atoms with Gasteiger partial charge in [0.05, 0.1) is 10.7 Å². The summed E-state index contributed by atoms with van der Waals surface area (Å²) in [5.41, 5.74) is 6.70. The molecule has 1 aromatic heterocycles. The van der Waals surface area contributed by atoms with E-state index in [1.807, 2.05) is 0 Å². The molecule has 14 heavy (non-hydrogen) atoms. The van der Waals surface area contributed by atoms with E-state index in [9.17, 15) is 0 Å². The smallest absolute Gasteiger partial charge is 0.0928 e. The van der Waals surface area contributed by atoms with Crippen molar-refractivity contribution < 1.29 is 0 Å². The fourth-order valence-corrected chi connectivity index (χ4v) is 2.25. The van der Waals surface area contributed by atoms with Crippen LogP contribution >= 0.6 is 11.3 Å². The molecule has 2 N–H and O–H groups in total. The van der Waals surface area contributed by atoms with Gasteiger partial charge < -0.3 is 5.73 Å². The van der Waals surface area contributed by atoms with Crippen LogP contribution in [0.4, 0.5) is 0 Å². The SMILES string of the molecule is CC(C)Cc1csc(CCCCN)n1. The van der Waals surface area contributed by atoms with Crippen LogP contribution < -0.4 is 5.73 Å². The second-order valence-corrected chi connectivity index (χ2v) is 5.02. The molecular formula is C11H20N2S. The number of aromatic nitrogens is 1. The van der Waals surface area contributed by atoms with Crippen molar-refractivity contribution in [1.82, 2.24) is 4.98 Å². The van der Waals surface area contributed by atoms with E-state index in [0.717, 1.165) is 25.8 Å². The Morgan fingerprint density at radius 2 is 2.21 bits per heavy atom. The summed E-state index contributed by atoms with van der Waals surface area (Å²) in [7, 11) is 0. The van der Waals surface area contributed by atoms with Gasteiger partial charge in [0.2, 0.25) is 0 Å². The molecule has 0 aliphatic heterocycles. The molecule has 0 spiro atoms. The normalized spacial score (nSPS) is 11.1. The summed E-state index contributed by atoms with van der Waals surface area (Å²) in [5.74, 6) is 0.703. The lowest BCUT2D eigenvalue weighted by Crippen LogP contribution is -1.99. The largest absolute Gasteiger partial charge is 0.330 e. The third-order valence-corrected chi connectivity index (χ3v) is 3.02. The molecule has 0 saturated carbocycles. The number of thiazole rings is 1. The van der Waals surface area contributed by atoms with Gasteiger partial charge in [0, 0.05) is 5.38 Å². The summed E-state index contributed by atoms with van der Waals surface area (Å²) in [6.45, 7) is 5.26. The van der Waals surface area contributed by atoms with E-state index in [1.54, 1.807) is 11.3 Å². The van der Waals surface area contributed by atoms with Gasteiger partial charge in [0.1, 0.15) is 0 Å². The second kappa shape index (κ2) is 6.14. The first-order valence-corrected chi connectivity index (χ1v) is 6.23. The highest BCUT2D eigenvalue weighted by molar-refractivity contribution is 7.09. The average Bonchev–Trinajstić information content (AvgIpc) is 2.52. The molecule has 0 radical (unpaired) electrons. The van der Waals surface area contributed by atoms with Crippen molar-refractivity contribution in [3.63, 3.8) is 0 Å². The Hall–Kier alpha value is -0.410. The predicted molar refractivity (Wildman–Crippen MR) is 62.6 cm³/mol. The van der Waals surface area contributed by atoms with Gasteiger partial charge >= 0.3 is 0 Å². The van der Waals surface area contributed by atoms with Gasteiger partial charge in [-0.3, -0.25) is 0 Å². The minimum absolute atomic E-state index is 0.703. The number of nitrogens with two attached hydrogens (primary N) is 1. The molecular weight excluding hydrogens is 192 g/mol. The molecule has 1 aromatic rings. The van der Waals surface area contributed by atoms with Crippen LogP contribution in [-0.4, -0.2) is 11.5 Å². The van der Waals surface area contributed by atoms with Gasteiger partial charge in [-0.05, 0) is 38.1 Å². The first-order valence-electron chi connectivity index (χ1n) is 5.35. The number of hydrogen-bond donors (Lipinski definition) is 1. The quantitative estimate of drug-likeness (QED) is 0.736. The van der Waals surface area contributed by atoms with E-state index in [-0.39, 0.29) is 0 Å². The Morgan fingerprint density at radius 1 is 1.43 bits per heavy atom. The van der Waals surface area contributed by atoms with Crippen LogP contribution in [0.5, 0.6) is 0 Å². The zero-order valence-corrected chi connectivity index (χ0v) is 9.94. The number of rotatable bonds is 6. The third-order valence-electron chi connectivity index (χ3n) is 2.06. The molecule has 2 nitrogen and oxygen atoms in total. The van der Waals surface area contributed by atoms with Crippen LogP contribution in [-0.2, 0) is 12.8 Å². The van der Waals surface area contributed by atoms with Crippen LogP contribution in [0.15, 0.2) is 5.38 Å². The number of aryl methyl sites for hydroxylation is 1. The summed E-state index contributed by atoms with van der Waals surface area (Å²) >= 11 is 1.79. The zero-order chi connectivity index (χ0) is 10.4. The highest BCUT2D eigenvalue weighted by Gasteiger charge is 2.03. The second-order valence-electron chi connectivity index (χ2n) is 4.08. The molecule has 0 unspecified atom stereocenters. The maximum absolute atomic E-state index is 5.45. The van der Waals surface area contributed by atoms with E-state index in [4.69, 9.17) is 5.73 Å². The summed E-state index contributed by atoms with van der Waals surface area (Å²) in [6.07, 6.45) is 4.48. The molecule has 3 heteroatoms. The molecule has 80 valence electrons. The standard InChI is InChI=1S/C11H20N2S/c1-9(2)7-10-8-14-11(13-10)5-3-4-6-12/h8-9H,3-7,12H2,1-2H3. The topological polar surface area (TPSA) is 38.9 Å². The van der Waals surface area contributed by atoms with Gasteiger partial charge in [0.15, 0.2) is 0 Å². The van der Waals surface area contributed by atoms with Crippen molar-refractivity contribution in [2.24, 2.45) is 11.7 Å². The highest BCUT2D eigenvalue weighted by Crippen LogP contribution is 2.15. The maximum Gasteiger partial charge on any atom is 0.0928 e. The Labute approximate surface area is 90.6 Å². The minimum atomic E-state index is 0.703. The van der Waals surface area contributed by atoms with Crippen molar-refractivity contribution in [2.75, 3.05) is 6.54 Å². The minimum Gasteiger partial charge on any atom is -0.330 e. The van der Waals surface area contributed by atoms with Crippen molar-refractivity contribution >= 4 is 11.3 Å². The zero-order valence-electron chi connectivity index (χ0n) is 9.12. The van der Waals surface area contributed by atoms with Gasteiger partial charge in [-0.2, -0.15) is 0 Å². The lowest BCUT2D eigenvalue weighted by molar-refractivity contribution is 0.635. The molecule has 1 rings (SSSR count). The molecule has 0 aliphatic carbocycles. The first kappa shape index (κ1) is 11.7. The molecule has 0 atom stereocenters. The third kappa shape index (κ3) is 4.20. The Morgan fingerprint density at radius 3 is 2.86 bits per heavy atom. The van der Waals surface area contributed by atoms with Crippen molar-refractivity contribution in [1.29, 1.82) is 0 Å². The summed E-state index contributed by atoms with van der Waals surface area (Å²) < 4.78 is 0. The first-order chi connectivity index (χ1) is 6.72. The lowest BCUT2D eigenvalue weighted by Gasteiger charge is -1.99. The van der Waals surface area contributed by atoms with Crippen molar-refractivity contribution in [3.8, 4) is 0 Å². The number of hydrogen-bond acceptors (Lipinski definition) is 3. The molecule has 0 aliphatic rings. The maximum atomic E-state index is 5.45. The summed E-state index contributed by atoms with van der Waals surface area (Å²) in [6, 6.07) is 0. The molecule has 0 bridgehead atoms. The monoisotopic (exact) mass is 212 g/mol. The molecule has 0 saturated heterocycles. The van der Waals surface area contributed by atoms with Crippen molar-refractivity contribution in [2.45, 2.75) is 39.5 Å². The fraction of sp³-hybridized carbons (Fsp3) is 0.727. The van der Waals surface area contributed by atoms with Crippen molar-refractivity contribution in [3.05, 3.63) is 16.1 Å². The van der Waals surface area contributed by atoms with E-state index in [0.29, 0.717) is 5.92 Å². The fourth-order valence-electron chi connectivity index (χ4n) is 1.40. The van der Waals surface area contributed by atoms with Gasteiger partial charge in [-0.1, -0.05) is 13.8 Å². The molecule has 0 fully saturated rings. The van der Waals surface area contributed by atoms with Gasteiger partial charge in [0.25, 0.3) is 0 Å². The Bertz CT molecular complexity index is 256. The summed E-state index contributed by atoms with van der Waals surface area (Å²) in [4.78, 5) is 4.60. The van der Waals surface area contributed by atoms with Crippen LogP contribution in [0, 0.1) is 5.92 Å².